The maximum absolute atomic E-state index is 13.1. The number of anilines is 2. The summed E-state index contributed by atoms with van der Waals surface area (Å²) in [6.45, 7) is 1.55. The van der Waals surface area contributed by atoms with E-state index in [-0.39, 0.29) is 17.6 Å². The average molecular weight is 500 g/mol. The van der Waals surface area contributed by atoms with Crippen LogP contribution in [0.4, 0.5) is 17.1 Å². The smallest absolute Gasteiger partial charge is 0.312 e. The lowest BCUT2D eigenvalue weighted by molar-refractivity contribution is -0.947. The highest BCUT2D eigenvalue weighted by Gasteiger charge is 2.36. The second kappa shape index (κ2) is 8.69. The number of aliphatic imine (C=N–C) groups is 1. The number of hydrogen-bond donors (Lipinski definition) is 3. The van der Waals surface area contributed by atoms with Crippen LogP contribution in [-0.2, 0) is 0 Å². The lowest BCUT2D eigenvalue weighted by atomic mass is 9.87. The zero-order chi connectivity index (χ0) is 24.9. The van der Waals surface area contributed by atoms with Crippen molar-refractivity contribution in [2.75, 3.05) is 25.5 Å². The van der Waals surface area contributed by atoms with Gasteiger partial charge in [-0.05, 0) is 41.8 Å². The van der Waals surface area contributed by atoms with Crippen molar-refractivity contribution in [2.24, 2.45) is 10.9 Å². The molecule has 36 heavy (non-hydrogen) atoms. The van der Waals surface area contributed by atoms with Crippen LogP contribution in [0.15, 0.2) is 71.7 Å². The van der Waals surface area contributed by atoms with Crippen molar-refractivity contribution in [3.8, 4) is 5.75 Å². The molecule has 3 heterocycles. The zero-order valence-electron chi connectivity index (χ0n) is 19.8. The molecule has 3 aromatic carbocycles. The van der Waals surface area contributed by atoms with Gasteiger partial charge in [0.1, 0.15) is 18.8 Å². The number of amides is 1. The number of carbonyl (C=O) groups excluding carboxylic acids is 1. The molecule has 0 radical (unpaired) electrons. The standard InChI is InChI=1S/C28H26ClN5O2/c1-34(33-28(36)26-15-18-14-20(35)7-9-22(18)30-26)12-10-17(11-13-34)27-21-4-2-3-5-23(21)31-24-8-6-19(29)16-25(24)32-27/h2-9,14-17H,10-13H2,1H3,(H3-,30,31,32,33,35,36). The molecular weight excluding hydrogens is 474 g/mol. The number of benzene rings is 3. The molecule has 0 aliphatic carbocycles. The lowest BCUT2D eigenvalue weighted by Gasteiger charge is -2.39. The van der Waals surface area contributed by atoms with Crippen LogP contribution >= 0.6 is 11.6 Å². The number of nitrogens with zero attached hydrogens (tertiary/aromatic N) is 2. The van der Waals surface area contributed by atoms with E-state index in [0.29, 0.717) is 15.3 Å². The van der Waals surface area contributed by atoms with Crippen LogP contribution in [0.3, 0.4) is 0 Å². The first-order valence-corrected chi connectivity index (χ1v) is 12.5. The van der Waals surface area contributed by atoms with E-state index in [9.17, 15) is 9.90 Å². The van der Waals surface area contributed by atoms with Gasteiger partial charge in [0.25, 0.3) is 0 Å². The Labute approximate surface area is 214 Å². The van der Waals surface area contributed by atoms with Crippen LogP contribution in [0.5, 0.6) is 5.75 Å². The third kappa shape index (κ3) is 4.21. The maximum Gasteiger partial charge on any atom is 0.312 e. The predicted octanol–water partition coefficient (Wildman–Crippen LogP) is 5.27. The number of piperidine rings is 1. The summed E-state index contributed by atoms with van der Waals surface area (Å²) in [5, 5.41) is 16.6. The monoisotopic (exact) mass is 499 g/mol. The number of aromatic amines is 1. The van der Waals surface area contributed by atoms with Crippen LogP contribution in [-0.4, -0.2) is 41.3 Å². The van der Waals surface area contributed by atoms with E-state index in [1.807, 2.05) is 37.4 Å². The van der Waals surface area contributed by atoms with Gasteiger partial charge in [0, 0.05) is 40.5 Å². The zero-order valence-corrected chi connectivity index (χ0v) is 20.6. The molecule has 1 fully saturated rings. The highest BCUT2D eigenvalue weighted by atomic mass is 35.5. The Morgan fingerprint density at radius 3 is 2.69 bits per heavy atom. The minimum absolute atomic E-state index is 0.0716. The summed E-state index contributed by atoms with van der Waals surface area (Å²) in [6.07, 6.45) is 1.76. The third-order valence-electron chi connectivity index (χ3n) is 7.21. The van der Waals surface area contributed by atoms with Gasteiger partial charge >= 0.3 is 5.91 Å². The molecule has 0 atom stereocenters. The molecule has 2 aliphatic heterocycles. The number of fused-ring (bicyclic) bond motifs is 3. The number of rotatable bonds is 3. The molecule has 1 amide bonds. The predicted molar refractivity (Wildman–Crippen MR) is 141 cm³/mol. The Morgan fingerprint density at radius 2 is 1.86 bits per heavy atom. The first kappa shape index (κ1) is 22.6. The first-order valence-electron chi connectivity index (χ1n) is 12.1. The van der Waals surface area contributed by atoms with Gasteiger partial charge in [0.15, 0.2) is 0 Å². The first-order chi connectivity index (χ1) is 17.4. The fourth-order valence-corrected chi connectivity index (χ4v) is 5.39. The number of quaternary nitrogens is 1. The molecule has 6 rings (SSSR count). The van der Waals surface area contributed by atoms with Gasteiger partial charge in [-0.25, -0.2) is 4.59 Å². The molecule has 0 spiro atoms. The van der Waals surface area contributed by atoms with Gasteiger partial charge in [0.05, 0.1) is 24.1 Å². The van der Waals surface area contributed by atoms with Gasteiger partial charge in [-0.1, -0.05) is 41.9 Å². The van der Waals surface area contributed by atoms with Gasteiger partial charge in [-0.15, -0.1) is 5.75 Å². The summed E-state index contributed by atoms with van der Waals surface area (Å²) in [7, 11) is 2.05. The fourth-order valence-electron chi connectivity index (χ4n) is 5.23. The van der Waals surface area contributed by atoms with Gasteiger partial charge in [-0.3, -0.25) is 9.79 Å². The van der Waals surface area contributed by atoms with Crippen LogP contribution in [0.2, 0.25) is 5.02 Å². The lowest BCUT2D eigenvalue weighted by Crippen LogP contribution is -2.61. The van der Waals surface area contributed by atoms with Crippen molar-refractivity contribution >= 4 is 51.2 Å². The SMILES string of the molecule is C[N+]1(NC(=O)c2cc3cc([O-])ccc3[nH]2)CCC(C2=Nc3cc(Cl)ccc3Nc3ccccc32)CC1. The molecule has 182 valence electrons. The minimum atomic E-state index is -0.176. The Balaban J connectivity index is 1.22. The fraction of sp³-hybridized carbons (Fsp3) is 0.214. The number of likely N-dealkylation sites (tertiary alicyclic amines) is 1. The second-order valence-corrected chi connectivity index (χ2v) is 10.3. The topological polar surface area (TPSA) is 92.3 Å². The average Bonchev–Trinajstić information content (AvgIpc) is 3.21. The van der Waals surface area contributed by atoms with Crippen LogP contribution < -0.4 is 15.8 Å². The van der Waals surface area contributed by atoms with Crippen molar-refractivity contribution in [1.82, 2.24) is 10.4 Å². The molecule has 8 heteroatoms. The molecule has 3 N–H and O–H groups in total. The van der Waals surface area contributed by atoms with E-state index in [1.165, 1.54) is 12.1 Å². The summed E-state index contributed by atoms with van der Waals surface area (Å²) in [4.78, 5) is 21.3. The van der Waals surface area contributed by atoms with Crippen molar-refractivity contribution in [2.45, 2.75) is 12.8 Å². The van der Waals surface area contributed by atoms with E-state index in [1.54, 1.807) is 12.1 Å². The number of H-pyrrole nitrogens is 1. The van der Waals surface area contributed by atoms with E-state index in [0.717, 1.165) is 65.2 Å². The third-order valence-corrected chi connectivity index (χ3v) is 7.45. The number of halogens is 1. The second-order valence-electron chi connectivity index (χ2n) is 9.82. The Morgan fingerprint density at radius 1 is 1.06 bits per heavy atom. The molecule has 0 saturated carbocycles. The van der Waals surface area contributed by atoms with Crippen molar-refractivity contribution < 1.29 is 14.5 Å². The van der Waals surface area contributed by atoms with Gasteiger partial charge in [0.2, 0.25) is 0 Å². The van der Waals surface area contributed by atoms with Crippen LogP contribution in [0.25, 0.3) is 10.9 Å². The summed E-state index contributed by atoms with van der Waals surface area (Å²) >= 11 is 6.29. The largest absolute Gasteiger partial charge is 0.872 e. The summed E-state index contributed by atoms with van der Waals surface area (Å²) in [5.74, 6) is 0.00618. The Hall–Kier alpha value is -3.81. The van der Waals surface area contributed by atoms with E-state index < -0.39 is 0 Å². The molecule has 4 aromatic rings. The van der Waals surface area contributed by atoms with Crippen molar-refractivity contribution in [3.05, 3.63) is 83.0 Å². The Kier molecular flexibility index (Phi) is 5.47. The quantitative estimate of drug-likeness (QED) is 0.335. The molecule has 0 bridgehead atoms. The maximum atomic E-state index is 13.1. The molecular formula is C28H26ClN5O2. The van der Waals surface area contributed by atoms with Crippen molar-refractivity contribution in [3.63, 3.8) is 0 Å². The Bertz CT molecular complexity index is 1520. The molecule has 2 aliphatic rings. The van der Waals surface area contributed by atoms with Crippen LogP contribution in [0, 0.1) is 5.92 Å². The van der Waals surface area contributed by atoms with Crippen molar-refractivity contribution in [1.29, 1.82) is 0 Å². The summed E-state index contributed by atoms with van der Waals surface area (Å²) in [6, 6.07) is 20.5. The summed E-state index contributed by atoms with van der Waals surface area (Å²) < 4.78 is 0.438. The number of carbonyl (C=O) groups is 1. The summed E-state index contributed by atoms with van der Waals surface area (Å²) in [5.41, 5.74) is 9.39. The number of aromatic nitrogens is 1. The van der Waals surface area contributed by atoms with E-state index in [2.05, 4.69) is 27.9 Å². The van der Waals surface area contributed by atoms with E-state index in [4.69, 9.17) is 16.6 Å². The van der Waals surface area contributed by atoms with Crippen LogP contribution in [0.1, 0.15) is 28.9 Å². The molecule has 1 aromatic heterocycles. The number of para-hydroxylation sites is 1. The highest BCUT2D eigenvalue weighted by Crippen LogP contribution is 2.39. The van der Waals surface area contributed by atoms with Gasteiger partial charge in [-0.2, -0.15) is 5.43 Å². The highest BCUT2D eigenvalue weighted by molar-refractivity contribution is 6.31. The minimum Gasteiger partial charge on any atom is -0.872 e. The molecule has 7 nitrogen and oxygen atoms in total. The van der Waals surface area contributed by atoms with Gasteiger partial charge < -0.3 is 15.4 Å². The number of nitrogens with one attached hydrogen (secondary N) is 3. The molecule has 1 saturated heterocycles. The normalized spacial score (nSPS) is 21.1. The number of hydrogen-bond acceptors (Lipinski definition) is 4. The molecule has 0 unspecified atom stereocenters. The van der Waals surface area contributed by atoms with E-state index >= 15 is 0 Å².